The van der Waals surface area contributed by atoms with Gasteiger partial charge in [0.25, 0.3) is 0 Å². The zero-order valence-electron chi connectivity index (χ0n) is 42.0. The molecule has 3 atom stereocenters. The summed E-state index contributed by atoms with van der Waals surface area (Å²) in [6.07, 6.45) is 59.2. The van der Waals surface area contributed by atoms with E-state index in [0.29, 0.717) is 19.3 Å². The highest BCUT2D eigenvalue weighted by Gasteiger charge is 2.28. The van der Waals surface area contributed by atoms with Gasteiger partial charge in [0.2, 0.25) is 0 Å². The lowest BCUT2D eigenvalue weighted by Crippen LogP contribution is -2.30. The molecule has 0 radical (unpaired) electrons. The van der Waals surface area contributed by atoms with E-state index in [2.05, 4.69) is 118 Å². The summed E-state index contributed by atoms with van der Waals surface area (Å²) < 4.78 is 39.1. The second kappa shape index (κ2) is 49.3. The number of aliphatic hydroxyl groups is 1. The number of allylic oxidation sites excluding steroid dienone is 19. The minimum Gasteiger partial charge on any atom is -0.462 e. The second-order valence-corrected chi connectivity index (χ2v) is 17.7. The first-order valence-electron chi connectivity index (χ1n) is 25.4. The summed E-state index contributed by atoms with van der Waals surface area (Å²) in [7, 11) is -4.78. The quantitative estimate of drug-likeness (QED) is 0.0197. The van der Waals surface area contributed by atoms with Crippen LogP contribution >= 0.6 is 7.82 Å². The predicted molar refractivity (Wildman–Crippen MR) is 279 cm³/mol. The van der Waals surface area contributed by atoms with Gasteiger partial charge in [0.15, 0.2) is 6.10 Å². The van der Waals surface area contributed by atoms with Gasteiger partial charge < -0.3 is 24.2 Å². The maximum absolute atomic E-state index is 12.8. The van der Waals surface area contributed by atoms with Gasteiger partial charge in [0.05, 0.1) is 26.2 Å². The largest absolute Gasteiger partial charge is 0.472 e. The fourth-order valence-corrected chi connectivity index (χ4v) is 6.83. The number of carbonyl (C=O) groups is 3. The van der Waals surface area contributed by atoms with Gasteiger partial charge in [-0.05, 0) is 103 Å². The first-order chi connectivity index (χ1) is 33.2. The number of unbranched alkanes of at least 4 members (excludes halogenated alkanes) is 9. The van der Waals surface area contributed by atoms with Crippen LogP contribution in [0.4, 0.5) is 0 Å². The van der Waals surface area contributed by atoms with Crippen LogP contribution < -0.4 is 0 Å². The molecule has 68 heavy (non-hydrogen) atoms. The normalized spacial score (nSPS) is 14.5. The molecule has 0 spiro atoms. The molecular formula is C56H89O11P. The maximum atomic E-state index is 12.8. The third-order valence-electron chi connectivity index (χ3n) is 9.88. The van der Waals surface area contributed by atoms with Crippen molar-refractivity contribution < 1.29 is 52.2 Å². The Morgan fingerprint density at radius 1 is 0.441 bits per heavy atom. The Hall–Kier alpha value is -4.12. The van der Waals surface area contributed by atoms with Crippen LogP contribution in [-0.2, 0) is 42.2 Å². The predicted octanol–water partition coefficient (Wildman–Crippen LogP) is 14.5. The molecule has 0 aliphatic rings. The Labute approximate surface area is 411 Å². The van der Waals surface area contributed by atoms with E-state index in [1.807, 2.05) is 18.2 Å². The van der Waals surface area contributed by atoms with E-state index in [0.717, 1.165) is 103 Å². The molecule has 2 N–H and O–H groups in total. The molecular weight excluding hydrogens is 880 g/mol. The van der Waals surface area contributed by atoms with E-state index in [-0.39, 0.29) is 19.3 Å². The molecule has 0 saturated heterocycles. The van der Waals surface area contributed by atoms with Gasteiger partial charge in [0, 0.05) is 12.8 Å². The summed E-state index contributed by atoms with van der Waals surface area (Å²) in [5, 5.41) is 9.75. The van der Waals surface area contributed by atoms with E-state index in [1.165, 1.54) is 12.8 Å². The molecule has 3 unspecified atom stereocenters. The van der Waals surface area contributed by atoms with Crippen molar-refractivity contribution in [2.24, 2.45) is 0 Å². The lowest BCUT2D eigenvalue weighted by Gasteiger charge is -2.21. The molecule has 11 nitrogen and oxygen atoms in total. The topological polar surface area (TPSA) is 155 Å². The smallest absolute Gasteiger partial charge is 0.462 e. The summed E-state index contributed by atoms with van der Waals surface area (Å²) in [6.45, 7) is 4.16. The number of hydrogen-bond donors (Lipinski definition) is 2. The van der Waals surface area contributed by atoms with Gasteiger partial charge in [-0.25, -0.2) is 4.57 Å². The highest BCUT2D eigenvalue weighted by Crippen LogP contribution is 2.43. The zero-order chi connectivity index (χ0) is 49.9. The fourth-order valence-electron chi connectivity index (χ4n) is 6.05. The molecule has 0 saturated carbocycles. The Balaban J connectivity index is 4.97. The van der Waals surface area contributed by atoms with Gasteiger partial charge >= 0.3 is 25.7 Å². The number of esters is 3. The lowest BCUT2D eigenvalue weighted by atomic mass is 10.1. The van der Waals surface area contributed by atoms with Crippen molar-refractivity contribution in [2.45, 2.75) is 187 Å². The monoisotopic (exact) mass is 969 g/mol. The molecule has 0 bridgehead atoms. The van der Waals surface area contributed by atoms with Crippen LogP contribution in [0, 0.1) is 0 Å². The fraction of sp³-hybridized carbons (Fsp3) is 0.589. The molecule has 0 fully saturated rings. The standard InChI is InChI=1S/C56H89O11P/c1-4-7-10-13-16-19-22-24-26-28-31-33-36-39-42-45-54(58)63-49-53(67-56(60)47-44-41-38-35-32-29-27-25-23-20-17-14-11-8-5-2)51-65-68(61,62)64-50-52(48-57)66-55(59)46-43-40-37-34-30-21-18-15-12-9-6-3/h7-8,10-11,15-20,24-27,31-33,35,41,44,52-53,57H,4-6,9,12-14,21-23,28-30,34,36-40,42-43,45-51H2,1-3H3,(H,61,62)/b10-7-,11-8-,18-15-,19-16-,20-17-,26-24-,27-25-,33-31-,35-32-,44-41-. The second-order valence-electron chi connectivity index (χ2n) is 16.2. The van der Waals surface area contributed by atoms with Crippen LogP contribution in [0.15, 0.2) is 122 Å². The minimum absolute atomic E-state index is 0.0805. The maximum Gasteiger partial charge on any atom is 0.472 e. The molecule has 0 aromatic carbocycles. The molecule has 0 aromatic rings. The molecule has 0 heterocycles. The number of rotatable bonds is 45. The zero-order valence-corrected chi connectivity index (χ0v) is 42.9. The average molecular weight is 969 g/mol. The first kappa shape index (κ1) is 63.9. The van der Waals surface area contributed by atoms with Crippen LogP contribution in [0.3, 0.4) is 0 Å². The first-order valence-corrected chi connectivity index (χ1v) is 26.9. The highest BCUT2D eigenvalue weighted by molar-refractivity contribution is 7.47. The molecule has 0 aliphatic carbocycles. The van der Waals surface area contributed by atoms with Crippen molar-refractivity contribution in [1.29, 1.82) is 0 Å². The number of hydrogen-bond acceptors (Lipinski definition) is 10. The van der Waals surface area contributed by atoms with Crippen LogP contribution in [0.25, 0.3) is 0 Å². The summed E-state index contributed by atoms with van der Waals surface area (Å²) in [5.41, 5.74) is 0. The number of carbonyl (C=O) groups excluding carboxylic acids is 3. The molecule has 384 valence electrons. The van der Waals surface area contributed by atoms with Crippen molar-refractivity contribution >= 4 is 25.7 Å². The molecule has 0 rings (SSSR count). The molecule has 0 aliphatic heterocycles. The summed E-state index contributed by atoms with van der Waals surface area (Å²) in [6, 6.07) is 0. The van der Waals surface area contributed by atoms with Crippen LogP contribution in [-0.4, -0.2) is 66.5 Å². The van der Waals surface area contributed by atoms with E-state index in [1.54, 1.807) is 6.08 Å². The number of aliphatic hydroxyl groups excluding tert-OH is 1. The third-order valence-corrected chi connectivity index (χ3v) is 10.8. The van der Waals surface area contributed by atoms with Gasteiger partial charge in [-0.1, -0.05) is 174 Å². The lowest BCUT2D eigenvalue weighted by molar-refractivity contribution is -0.160. The van der Waals surface area contributed by atoms with Crippen molar-refractivity contribution in [1.82, 2.24) is 0 Å². The van der Waals surface area contributed by atoms with Crippen LogP contribution in [0.2, 0.25) is 0 Å². The number of phosphoric ester groups is 1. The number of ether oxygens (including phenoxy) is 3. The van der Waals surface area contributed by atoms with E-state index >= 15 is 0 Å². The van der Waals surface area contributed by atoms with Crippen molar-refractivity contribution in [3.8, 4) is 0 Å². The Morgan fingerprint density at radius 2 is 0.824 bits per heavy atom. The van der Waals surface area contributed by atoms with Crippen molar-refractivity contribution in [2.75, 3.05) is 26.4 Å². The number of phosphoric acid groups is 1. The SMILES string of the molecule is CC/C=C\C/C=C\C/C=C\C/C=C\C/C=C\CC(=O)OC(COC(=O)CCCC/C=C\C/C=C\C/C=C\C/C=C\CC)COP(=O)(O)OCC(CO)OC(=O)CCCCCCC/C=C\CCCC. The molecule has 0 amide bonds. The summed E-state index contributed by atoms with van der Waals surface area (Å²) in [4.78, 5) is 48.2. The van der Waals surface area contributed by atoms with Crippen molar-refractivity contribution in [3.05, 3.63) is 122 Å². The Kier molecular flexibility index (Phi) is 46.3. The molecule has 0 aromatic heterocycles. The van der Waals surface area contributed by atoms with Crippen LogP contribution in [0.1, 0.15) is 175 Å². The average Bonchev–Trinajstić information content (AvgIpc) is 3.32. The van der Waals surface area contributed by atoms with Gasteiger partial charge in [-0.2, -0.15) is 0 Å². The van der Waals surface area contributed by atoms with E-state index in [4.69, 9.17) is 23.3 Å². The summed E-state index contributed by atoms with van der Waals surface area (Å²) in [5.74, 6) is -1.70. The molecule has 12 heteroatoms. The van der Waals surface area contributed by atoms with Crippen molar-refractivity contribution in [3.63, 3.8) is 0 Å². The van der Waals surface area contributed by atoms with E-state index in [9.17, 15) is 28.9 Å². The van der Waals surface area contributed by atoms with Gasteiger partial charge in [-0.3, -0.25) is 23.4 Å². The summed E-state index contributed by atoms with van der Waals surface area (Å²) >= 11 is 0. The Morgan fingerprint density at radius 3 is 1.34 bits per heavy atom. The third kappa shape index (κ3) is 47.0. The van der Waals surface area contributed by atoms with Crippen LogP contribution in [0.5, 0.6) is 0 Å². The highest BCUT2D eigenvalue weighted by atomic mass is 31.2. The Bertz CT molecular complexity index is 1600. The van der Waals surface area contributed by atoms with Gasteiger partial charge in [0.1, 0.15) is 12.7 Å². The minimum atomic E-state index is -4.78. The van der Waals surface area contributed by atoms with E-state index < -0.39 is 64.4 Å². The van der Waals surface area contributed by atoms with Gasteiger partial charge in [-0.15, -0.1) is 0 Å².